The zero-order valence-corrected chi connectivity index (χ0v) is 12.1. The lowest BCUT2D eigenvalue weighted by molar-refractivity contribution is 0.416. The highest BCUT2D eigenvalue weighted by Crippen LogP contribution is 2.31. The molecule has 0 aliphatic rings. The molecule has 3 rings (SSSR count). The van der Waals surface area contributed by atoms with Gasteiger partial charge in [-0.1, -0.05) is 15.9 Å². The van der Waals surface area contributed by atoms with Crippen LogP contribution in [0.2, 0.25) is 0 Å². The van der Waals surface area contributed by atoms with Gasteiger partial charge in [0, 0.05) is 22.2 Å². The number of H-pyrrole nitrogens is 1. The molecule has 7 heteroatoms. The van der Waals surface area contributed by atoms with Crippen molar-refractivity contribution in [2.24, 2.45) is 0 Å². The Balaban J connectivity index is 2.29. The van der Waals surface area contributed by atoms with E-state index >= 15 is 0 Å². The Hall–Kier alpha value is -2.28. The second kappa shape index (κ2) is 4.68. The first-order valence-electron chi connectivity index (χ1n) is 5.80. The molecule has 0 fully saturated rings. The monoisotopic (exact) mass is 334 g/mol. The summed E-state index contributed by atoms with van der Waals surface area (Å²) in [6.07, 6.45) is 0. The highest BCUT2D eigenvalue weighted by atomic mass is 79.9. The molecule has 0 unspecified atom stereocenters. The van der Waals surface area contributed by atoms with E-state index in [2.05, 4.69) is 26.0 Å². The fraction of sp³-hybridized carbons (Fsp3) is 0.0769. The summed E-state index contributed by atoms with van der Waals surface area (Å²) in [6, 6.07) is 8.58. The lowest BCUT2D eigenvalue weighted by atomic mass is 10.1. The Kier molecular flexibility index (Phi) is 2.98. The average molecular weight is 335 g/mol. The van der Waals surface area contributed by atoms with Gasteiger partial charge in [-0.25, -0.2) is 4.98 Å². The molecule has 0 aliphatic heterocycles. The molecular weight excluding hydrogens is 324 g/mol. The van der Waals surface area contributed by atoms with Crippen molar-refractivity contribution in [1.29, 1.82) is 0 Å². The number of rotatable bonds is 2. The van der Waals surface area contributed by atoms with Crippen molar-refractivity contribution in [2.45, 2.75) is 0 Å². The van der Waals surface area contributed by atoms with Crippen molar-refractivity contribution in [3.63, 3.8) is 0 Å². The van der Waals surface area contributed by atoms with Crippen LogP contribution in [0.1, 0.15) is 0 Å². The molecule has 3 aromatic rings. The van der Waals surface area contributed by atoms with Gasteiger partial charge >= 0.3 is 0 Å². The van der Waals surface area contributed by atoms with Crippen LogP contribution in [0.5, 0.6) is 5.75 Å². The predicted octanol–water partition coefficient (Wildman–Crippen LogP) is 2.04. The standard InChI is InChI=1S/C13H11BrN4O2/c1-20-10-3-2-7(14)4-8(10)9-5-13(19)18-12(16-9)6-11(15)17-18/h2-6,17H,15H2,1H3. The maximum absolute atomic E-state index is 12.1. The van der Waals surface area contributed by atoms with Crippen molar-refractivity contribution >= 4 is 27.4 Å². The number of nitrogen functional groups attached to an aromatic ring is 1. The first-order chi connectivity index (χ1) is 9.58. The zero-order chi connectivity index (χ0) is 14.3. The molecule has 0 spiro atoms. The van der Waals surface area contributed by atoms with Gasteiger partial charge in [0.05, 0.1) is 12.8 Å². The van der Waals surface area contributed by atoms with Crippen molar-refractivity contribution in [3.05, 3.63) is 45.2 Å². The molecule has 1 aromatic carbocycles. The number of aromatic amines is 1. The molecule has 0 amide bonds. The van der Waals surface area contributed by atoms with E-state index in [4.69, 9.17) is 10.5 Å². The number of hydrogen-bond donors (Lipinski definition) is 2. The number of methoxy groups -OCH3 is 1. The van der Waals surface area contributed by atoms with Crippen LogP contribution >= 0.6 is 15.9 Å². The number of nitrogens with two attached hydrogens (primary N) is 1. The van der Waals surface area contributed by atoms with Crippen LogP contribution in [-0.2, 0) is 0 Å². The van der Waals surface area contributed by atoms with Crippen molar-refractivity contribution in [3.8, 4) is 17.0 Å². The van der Waals surface area contributed by atoms with Gasteiger partial charge in [0.2, 0.25) is 0 Å². The van der Waals surface area contributed by atoms with Crippen LogP contribution in [0.4, 0.5) is 5.82 Å². The second-order valence-corrected chi connectivity index (χ2v) is 5.14. The molecule has 0 saturated carbocycles. The molecule has 0 radical (unpaired) electrons. The number of nitrogens with one attached hydrogen (secondary N) is 1. The smallest absolute Gasteiger partial charge is 0.273 e. The quantitative estimate of drug-likeness (QED) is 0.750. The van der Waals surface area contributed by atoms with Gasteiger partial charge in [0.15, 0.2) is 5.65 Å². The number of hydrogen-bond acceptors (Lipinski definition) is 4. The van der Waals surface area contributed by atoms with E-state index in [-0.39, 0.29) is 5.56 Å². The van der Waals surface area contributed by atoms with Crippen molar-refractivity contribution in [1.82, 2.24) is 14.6 Å². The fourth-order valence-corrected chi connectivity index (χ4v) is 2.39. The lowest BCUT2D eigenvalue weighted by Gasteiger charge is -2.08. The van der Waals surface area contributed by atoms with E-state index in [1.54, 1.807) is 13.2 Å². The summed E-state index contributed by atoms with van der Waals surface area (Å²) in [5.41, 5.74) is 7.14. The zero-order valence-electron chi connectivity index (χ0n) is 10.6. The van der Waals surface area contributed by atoms with Crippen molar-refractivity contribution < 1.29 is 4.74 Å². The van der Waals surface area contributed by atoms with Gasteiger partial charge in [-0.2, -0.15) is 4.52 Å². The van der Waals surface area contributed by atoms with E-state index in [1.807, 2.05) is 18.2 Å². The number of aromatic nitrogens is 3. The third-order valence-corrected chi connectivity index (χ3v) is 3.40. The molecule has 0 aliphatic carbocycles. The molecule has 0 atom stereocenters. The summed E-state index contributed by atoms with van der Waals surface area (Å²) in [5.74, 6) is 1.03. The van der Waals surface area contributed by atoms with E-state index in [0.717, 1.165) is 10.0 Å². The van der Waals surface area contributed by atoms with Gasteiger partial charge in [0.1, 0.15) is 11.6 Å². The van der Waals surface area contributed by atoms with Crippen LogP contribution in [0.15, 0.2) is 39.6 Å². The number of anilines is 1. The Morgan fingerprint density at radius 1 is 1.35 bits per heavy atom. The first kappa shape index (κ1) is 12.7. The third kappa shape index (κ3) is 2.05. The molecular formula is C13H11BrN4O2. The molecule has 20 heavy (non-hydrogen) atoms. The highest BCUT2D eigenvalue weighted by molar-refractivity contribution is 9.10. The van der Waals surface area contributed by atoms with E-state index in [0.29, 0.717) is 22.9 Å². The van der Waals surface area contributed by atoms with Gasteiger partial charge in [-0.3, -0.25) is 9.89 Å². The number of halogens is 1. The molecule has 0 bridgehead atoms. The van der Waals surface area contributed by atoms with Crippen molar-refractivity contribution in [2.75, 3.05) is 12.8 Å². The molecule has 3 N–H and O–H groups in total. The van der Waals surface area contributed by atoms with Crippen LogP contribution < -0.4 is 16.0 Å². The molecule has 2 aromatic heterocycles. The first-order valence-corrected chi connectivity index (χ1v) is 6.60. The Morgan fingerprint density at radius 3 is 2.90 bits per heavy atom. The SMILES string of the molecule is COc1ccc(Br)cc1-c1cc(=O)n2[nH]c(N)cc2n1. The highest BCUT2D eigenvalue weighted by Gasteiger charge is 2.11. The van der Waals surface area contributed by atoms with Gasteiger partial charge in [0.25, 0.3) is 5.56 Å². The summed E-state index contributed by atoms with van der Waals surface area (Å²) >= 11 is 3.40. The van der Waals surface area contributed by atoms with Crippen LogP contribution in [0, 0.1) is 0 Å². The normalized spacial score (nSPS) is 10.9. The summed E-state index contributed by atoms with van der Waals surface area (Å²) in [5, 5.41) is 2.72. The summed E-state index contributed by atoms with van der Waals surface area (Å²) in [4.78, 5) is 16.5. The van der Waals surface area contributed by atoms with Crippen LogP contribution in [0.25, 0.3) is 16.9 Å². The molecule has 6 nitrogen and oxygen atoms in total. The number of ether oxygens (including phenoxy) is 1. The molecule has 2 heterocycles. The average Bonchev–Trinajstić information content (AvgIpc) is 2.79. The maximum Gasteiger partial charge on any atom is 0.273 e. The van der Waals surface area contributed by atoms with Crippen LogP contribution in [0.3, 0.4) is 0 Å². The molecule has 102 valence electrons. The Bertz CT molecular complexity index is 853. The predicted molar refractivity (Wildman–Crippen MR) is 79.9 cm³/mol. The largest absolute Gasteiger partial charge is 0.496 e. The summed E-state index contributed by atoms with van der Waals surface area (Å²) in [6.45, 7) is 0. The number of benzene rings is 1. The fourth-order valence-electron chi connectivity index (χ4n) is 2.03. The number of nitrogens with zero attached hydrogens (tertiary/aromatic N) is 2. The third-order valence-electron chi connectivity index (χ3n) is 2.91. The number of fused-ring (bicyclic) bond motifs is 1. The summed E-state index contributed by atoms with van der Waals surface area (Å²) < 4.78 is 7.48. The van der Waals surface area contributed by atoms with Gasteiger partial charge < -0.3 is 10.5 Å². The Morgan fingerprint density at radius 2 is 2.15 bits per heavy atom. The second-order valence-electron chi connectivity index (χ2n) is 4.23. The minimum atomic E-state index is -0.233. The van der Waals surface area contributed by atoms with Crippen LogP contribution in [-0.4, -0.2) is 21.7 Å². The van der Waals surface area contributed by atoms with E-state index in [1.165, 1.54) is 10.6 Å². The molecule has 0 saturated heterocycles. The minimum Gasteiger partial charge on any atom is -0.496 e. The summed E-state index contributed by atoms with van der Waals surface area (Å²) in [7, 11) is 1.58. The lowest BCUT2D eigenvalue weighted by Crippen LogP contribution is -2.14. The minimum absolute atomic E-state index is 0.233. The van der Waals surface area contributed by atoms with E-state index in [9.17, 15) is 4.79 Å². The topological polar surface area (TPSA) is 85.4 Å². The maximum atomic E-state index is 12.1. The van der Waals surface area contributed by atoms with Gasteiger partial charge in [-0.15, -0.1) is 0 Å². The van der Waals surface area contributed by atoms with Gasteiger partial charge in [-0.05, 0) is 18.2 Å². The van der Waals surface area contributed by atoms with E-state index < -0.39 is 0 Å². The Labute approximate surface area is 122 Å².